The molecular formula is C25H26N4O2. The van der Waals surface area contributed by atoms with Gasteiger partial charge in [0.25, 0.3) is 5.91 Å². The van der Waals surface area contributed by atoms with Crippen molar-refractivity contribution in [1.82, 2.24) is 19.5 Å². The maximum absolute atomic E-state index is 13.2. The van der Waals surface area contributed by atoms with Crippen molar-refractivity contribution in [3.63, 3.8) is 0 Å². The molecule has 158 valence electrons. The minimum Gasteiger partial charge on any atom is -0.489 e. The zero-order valence-corrected chi connectivity index (χ0v) is 18.1. The van der Waals surface area contributed by atoms with Crippen molar-refractivity contribution >= 4 is 11.6 Å². The molecule has 0 fully saturated rings. The summed E-state index contributed by atoms with van der Waals surface area (Å²) in [4.78, 5) is 19.4. The third-order valence-corrected chi connectivity index (χ3v) is 5.29. The number of aromatic nitrogens is 3. The van der Waals surface area contributed by atoms with Gasteiger partial charge in [-0.2, -0.15) is 5.10 Å². The molecule has 0 bridgehead atoms. The van der Waals surface area contributed by atoms with E-state index in [2.05, 4.69) is 10.1 Å². The molecule has 1 amide bonds. The largest absolute Gasteiger partial charge is 0.489 e. The minimum absolute atomic E-state index is 0.0491. The lowest BCUT2D eigenvalue weighted by atomic mass is 10.1. The molecule has 0 aliphatic heterocycles. The molecule has 0 radical (unpaired) electrons. The number of hydrogen-bond donors (Lipinski definition) is 0. The van der Waals surface area contributed by atoms with E-state index < -0.39 is 0 Å². The highest BCUT2D eigenvalue weighted by Gasteiger charge is 2.19. The van der Waals surface area contributed by atoms with Gasteiger partial charge in [0.15, 0.2) is 5.65 Å². The summed E-state index contributed by atoms with van der Waals surface area (Å²) in [7, 11) is 0. The standard InChI is InChI=1S/C25H26N4O2/c1-4-28(25(30)23-15-26-24-14-18(2)27-29(24)19(23)3)16-20-10-12-22(13-11-20)31-17-21-8-6-5-7-9-21/h5-15H,4,16-17H2,1-3H3. The number of fused-ring (bicyclic) bond motifs is 1. The Morgan fingerprint density at radius 1 is 1.03 bits per heavy atom. The van der Waals surface area contributed by atoms with Crippen molar-refractivity contribution in [3.8, 4) is 5.75 Å². The number of rotatable bonds is 7. The summed E-state index contributed by atoms with van der Waals surface area (Å²) < 4.78 is 7.59. The monoisotopic (exact) mass is 414 g/mol. The molecule has 0 unspecified atom stereocenters. The van der Waals surface area contributed by atoms with Gasteiger partial charge >= 0.3 is 0 Å². The molecule has 0 aliphatic rings. The molecule has 2 aromatic heterocycles. The van der Waals surface area contributed by atoms with E-state index in [0.717, 1.165) is 33.9 Å². The summed E-state index contributed by atoms with van der Waals surface area (Å²) in [5.74, 6) is 0.758. The predicted octanol–water partition coefficient (Wildman–Crippen LogP) is 4.59. The van der Waals surface area contributed by atoms with Crippen LogP contribution < -0.4 is 4.74 Å². The van der Waals surface area contributed by atoms with Crippen molar-refractivity contribution in [2.45, 2.75) is 33.9 Å². The predicted molar refractivity (Wildman–Crippen MR) is 120 cm³/mol. The highest BCUT2D eigenvalue weighted by atomic mass is 16.5. The Morgan fingerprint density at radius 3 is 2.48 bits per heavy atom. The lowest BCUT2D eigenvalue weighted by Gasteiger charge is -2.22. The average Bonchev–Trinajstić information content (AvgIpc) is 3.19. The van der Waals surface area contributed by atoms with Gasteiger partial charge in [0.2, 0.25) is 0 Å². The number of carbonyl (C=O) groups is 1. The van der Waals surface area contributed by atoms with Crippen molar-refractivity contribution in [1.29, 1.82) is 0 Å². The highest BCUT2D eigenvalue weighted by molar-refractivity contribution is 5.95. The Balaban J connectivity index is 1.45. The first-order valence-corrected chi connectivity index (χ1v) is 10.4. The zero-order valence-electron chi connectivity index (χ0n) is 18.1. The molecule has 6 heteroatoms. The first-order chi connectivity index (χ1) is 15.0. The van der Waals surface area contributed by atoms with Gasteiger partial charge in [-0.3, -0.25) is 4.79 Å². The van der Waals surface area contributed by atoms with Crippen LogP contribution in [0.5, 0.6) is 5.75 Å². The second-order valence-electron chi connectivity index (χ2n) is 7.55. The van der Waals surface area contributed by atoms with E-state index in [1.807, 2.05) is 86.3 Å². The van der Waals surface area contributed by atoms with Crippen LogP contribution in [-0.2, 0) is 13.2 Å². The first kappa shape index (κ1) is 20.6. The van der Waals surface area contributed by atoms with Crippen LogP contribution in [0.25, 0.3) is 5.65 Å². The van der Waals surface area contributed by atoms with E-state index >= 15 is 0 Å². The third kappa shape index (κ3) is 4.58. The quantitative estimate of drug-likeness (QED) is 0.444. The van der Waals surface area contributed by atoms with Gasteiger partial charge < -0.3 is 9.64 Å². The summed E-state index contributed by atoms with van der Waals surface area (Å²) in [5, 5.41) is 4.44. The van der Waals surface area contributed by atoms with E-state index in [1.54, 1.807) is 10.7 Å². The van der Waals surface area contributed by atoms with Crippen LogP contribution in [0, 0.1) is 13.8 Å². The minimum atomic E-state index is -0.0491. The summed E-state index contributed by atoms with van der Waals surface area (Å²) >= 11 is 0. The van der Waals surface area contributed by atoms with E-state index in [1.165, 1.54) is 0 Å². The number of amides is 1. The van der Waals surface area contributed by atoms with Crippen LogP contribution in [0.4, 0.5) is 0 Å². The van der Waals surface area contributed by atoms with Gasteiger partial charge in [-0.25, -0.2) is 9.50 Å². The Labute approximate surface area is 182 Å². The molecular weight excluding hydrogens is 388 g/mol. The SMILES string of the molecule is CCN(Cc1ccc(OCc2ccccc2)cc1)C(=O)c1cnc2cc(C)nn2c1C. The van der Waals surface area contributed by atoms with Crippen LogP contribution >= 0.6 is 0 Å². The second-order valence-corrected chi connectivity index (χ2v) is 7.55. The fourth-order valence-electron chi connectivity index (χ4n) is 3.52. The lowest BCUT2D eigenvalue weighted by Crippen LogP contribution is -2.31. The number of nitrogens with zero attached hydrogens (tertiary/aromatic N) is 4. The number of carbonyl (C=O) groups excluding carboxylic acids is 1. The Kier molecular flexibility index (Phi) is 5.98. The molecule has 4 rings (SSSR count). The average molecular weight is 415 g/mol. The molecule has 0 saturated carbocycles. The Bertz CT molecular complexity index is 1180. The van der Waals surface area contributed by atoms with Gasteiger partial charge in [0, 0.05) is 25.4 Å². The topological polar surface area (TPSA) is 59.7 Å². The van der Waals surface area contributed by atoms with E-state index in [-0.39, 0.29) is 5.91 Å². The smallest absolute Gasteiger partial charge is 0.257 e. The normalized spacial score (nSPS) is 10.9. The number of hydrogen-bond acceptors (Lipinski definition) is 4. The molecule has 0 saturated heterocycles. The first-order valence-electron chi connectivity index (χ1n) is 10.4. The molecule has 6 nitrogen and oxygen atoms in total. The van der Waals surface area contributed by atoms with Gasteiger partial charge in [-0.05, 0) is 44.0 Å². The number of benzene rings is 2. The van der Waals surface area contributed by atoms with Crippen LogP contribution in [0.1, 0.15) is 39.8 Å². The van der Waals surface area contributed by atoms with Crippen molar-refractivity contribution in [3.05, 3.63) is 94.9 Å². The van der Waals surface area contributed by atoms with Crippen molar-refractivity contribution in [2.24, 2.45) is 0 Å². The maximum Gasteiger partial charge on any atom is 0.257 e. The highest BCUT2D eigenvalue weighted by Crippen LogP contribution is 2.18. The summed E-state index contributed by atoms with van der Waals surface area (Å²) in [6.45, 7) is 7.45. The van der Waals surface area contributed by atoms with Gasteiger partial charge in [0.05, 0.1) is 17.0 Å². The molecule has 31 heavy (non-hydrogen) atoms. The molecule has 0 aliphatic carbocycles. The zero-order chi connectivity index (χ0) is 21.8. The van der Waals surface area contributed by atoms with Gasteiger partial charge in [0.1, 0.15) is 12.4 Å². The van der Waals surface area contributed by atoms with Crippen LogP contribution in [0.2, 0.25) is 0 Å². The van der Waals surface area contributed by atoms with Crippen LogP contribution in [0.3, 0.4) is 0 Å². The molecule has 4 aromatic rings. The maximum atomic E-state index is 13.2. The van der Waals surface area contributed by atoms with Gasteiger partial charge in [-0.15, -0.1) is 0 Å². The summed E-state index contributed by atoms with van der Waals surface area (Å²) in [5.41, 5.74) is 5.17. The summed E-state index contributed by atoms with van der Waals surface area (Å²) in [6.07, 6.45) is 1.65. The van der Waals surface area contributed by atoms with E-state index in [4.69, 9.17) is 4.74 Å². The third-order valence-electron chi connectivity index (χ3n) is 5.29. The van der Waals surface area contributed by atoms with Crippen LogP contribution in [-0.4, -0.2) is 31.9 Å². The number of aryl methyl sites for hydroxylation is 2. The van der Waals surface area contributed by atoms with Crippen molar-refractivity contribution < 1.29 is 9.53 Å². The fraction of sp³-hybridized carbons (Fsp3) is 0.240. The van der Waals surface area contributed by atoms with Crippen molar-refractivity contribution in [2.75, 3.05) is 6.54 Å². The fourth-order valence-corrected chi connectivity index (χ4v) is 3.52. The summed E-state index contributed by atoms with van der Waals surface area (Å²) in [6, 6.07) is 19.9. The Morgan fingerprint density at radius 2 is 1.77 bits per heavy atom. The van der Waals surface area contributed by atoms with E-state index in [9.17, 15) is 4.79 Å². The Hall–Kier alpha value is -3.67. The number of ether oxygens (including phenoxy) is 1. The molecule has 2 heterocycles. The molecule has 0 spiro atoms. The lowest BCUT2D eigenvalue weighted by molar-refractivity contribution is 0.0750. The molecule has 0 atom stereocenters. The molecule has 0 N–H and O–H groups in total. The second kappa shape index (κ2) is 9.00. The van der Waals surface area contributed by atoms with E-state index in [0.29, 0.717) is 25.3 Å². The molecule has 2 aromatic carbocycles. The van der Waals surface area contributed by atoms with Gasteiger partial charge in [-0.1, -0.05) is 42.5 Å². The van der Waals surface area contributed by atoms with Crippen LogP contribution in [0.15, 0.2) is 66.9 Å².